The normalized spacial score (nSPS) is 11.6. The molecule has 2 N–H and O–H groups in total. The van der Waals surface area contributed by atoms with Gasteiger partial charge in [0.25, 0.3) is 0 Å². The maximum Gasteiger partial charge on any atom is 0.335 e. The van der Waals surface area contributed by atoms with Crippen LogP contribution in [0.4, 0.5) is 0 Å². The lowest BCUT2D eigenvalue weighted by Crippen LogP contribution is -2.22. The van der Waals surface area contributed by atoms with Crippen LogP contribution in [0.3, 0.4) is 0 Å². The van der Waals surface area contributed by atoms with Crippen LogP contribution in [-0.4, -0.2) is 43.0 Å². The fraction of sp³-hybridized carbons (Fsp3) is 0.133. The van der Waals surface area contributed by atoms with Crippen LogP contribution in [0.1, 0.15) is 10.4 Å². The first-order valence-corrected chi connectivity index (χ1v) is 7.76. The van der Waals surface area contributed by atoms with Crippen molar-refractivity contribution in [2.45, 2.75) is 4.90 Å². The van der Waals surface area contributed by atoms with Crippen molar-refractivity contribution in [1.29, 1.82) is 0 Å². The van der Waals surface area contributed by atoms with E-state index in [4.69, 9.17) is 5.11 Å². The molecule has 0 aliphatic carbocycles. The van der Waals surface area contributed by atoms with Crippen molar-refractivity contribution in [3.63, 3.8) is 0 Å². The molecular weight excluding hydrogens is 306 g/mol. The van der Waals surface area contributed by atoms with Crippen molar-refractivity contribution in [3.8, 4) is 16.9 Å². The lowest BCUT2D eigenvalue weighted by atomic mass is 10.0. The van der Waals surface area contributed by atoms with E-state index >= 15 is 0 Å². The molecule has 0 unspecified atom stereocenters. The van der Waals surface area contributed by atoms with Gasteiger partial charge in [0.15, 0.2) is 0 Å². The van der Waals surface area contributed by atoms with Gasteiger partial charge in [0.2, 0.25) is 10.0 Å². The summed E-state index contributed by atoms with van der Waals surface area (Å²) >= 11 is 0. The van der Waals surface area contributed by atoms with Crippen molar-refractivity contribution in [3.05, 3.63) is 48.0 Å². The lowest BCUT2D eigenvalue weighted by molar-refractivity contribution is 0.0696. The number of hydrogen-bond donors (Lipinski definition) is 2. The molecule has 0 amide bonds. The van der Waals surface area contributed by atoms with Crippen molar-refractivity contribution in [2.75, 3.05) is 14.1 Å². The molecule has 6 nitrogen and oxygen atoms in total. The summed E-state index contributed by atoms with van der Waals surface area (Å²) in [6.45, 7) is 0. The van der Waals surface area contributed by atoms with Gasteiger partial charge in [-0.3, -0.25) is 0 Å². The first-order chi connectivity index (χ1) is 10.2. The van der Waals surface area contributed by atoms with Crippen LogP contribution >= 0.6 is 0 Å². The number of rotatable bonds is 4. The molecule has 0 saturated heterocycles. The summed E-state index contributed by atoms with van der Waals surface area (Å²) in [4.78, 5) is 11.1. The van der Waals surface area contributed by atoms with E-state index in [2.05, 4.69) is 0 Å². The first-order valence-electron chi connectivity index (χ1n) is 6.32. The number of hydrogen-bond acceptors (Lipinski definition) is 4. The molecule has 2 aromatic rings. The van der Waals surface area contributed by atoms with Crippen LogP contribution in [0.5, 0.6) is 5.75 Å². The van der Waals surface area contributed by atoms with Gasteiger partial charge < -0.3 is 10.2 Å². The predicted molar refractivity (Wildman–Crippen MR) is 81.4 cm³/mol. The summed E-state index contributed by atoms with van der Waals surface area (Å²) in [5.74, 6) is -1.37. The Morgan fingerprint density at radius 1 is 1.05 bits per heavy atom. The van der Waals surface area contributed by atoms with Crippen LogP contribution in [0.2, 0.25) is 0 Å². The van der Waals surface area contributed by atoms with E-state index in [1.165, 1.54) is 38.4 Å². The highest BCUT2D eigenvalue weighted by Gasteiger charge is 2.18. The van der Waals surface area contributed by atoms with Gasteiger partial charge in [-0.05, 0) is 41.5 Å². The molecule has 22 heavy (non-hydrogen) atoms. The number of carboxylic acids is 1. The lowest BCUT2D eigenvalue weighted by Gasteiger charge is -2.12. The summed E-state index contributed by atoms with van der Waals surface area (Å²) in [5.41, 5.74) is 0.852. The maximum atomic E-state index is 12.1. The van der Waals surface area contributed by atoms with Gasteiger partial charge in [-0.2, -0.15) is 0 Å². The topological polar surface area (TPSA) is 94.9 Å². The number of nitrogens with zero attached hydrogens (tertiary/aromatic N) is 1. The second-order valence-corrected chi connectivity index (χ2v) is 7.04. The Morgan fingerprint density at radius 3 is 2.32 bits per heavy atom. The molecule has 7 heteroatoms. The van der Waals surface area contributed by atoms with Gasteiger partial charge in [0, 0.05) is 14.1 Å². The number of phenols is 1. The Labute approximate surface area is 128 Å². The van der Waals surface area contributed by atoms with Crippen molar-refractivity contribution < 1.29 is 23.4 Å². The maximum absolute atomic E-state index is 12.1. The Hall–Kier alpha value is -2.38. The zero-order chi connectivity index (χ0) is 16.5. The predicted octanol–water partition coefficient (Wildman–Crippen LogP) is 2.01. The largest absolute Gasteiger partial charge is 0.508 e. The minimum atomic E-state index is -3.59. The molecule has 0 fully saturated rings. The van der Waals surface area contributed by atoms with E-state index in [0.29, 0.717) is 11.1 Å². The van der Waals surface area contributed by atoms with Gasteiger partial charge in [-0.25, -0.2) is 17.5 Å². The molecule has 0 aliphatic heterocycles. The monoisotopic (exact) mass is 321 g/mol. The van der Waals surface area contributed by atoms with E-state index in [0.717, 1.165) is 10.4 Å². The molecule has 0 spiro atoms. The average Bonchev–Trinajstić information content (AvgIpc) is 2.46. The summed E-state index contributed by atoms with van der Waals surface area (Å²) in [7, 11) is -0.731. The minimum absolute atomic E-state index is 0.0733. The molecule has 0 heterocycles. The standard InChI is InChI=1S/C15H15NO5S/c1-16(2)22(20,21)14-5-3-4-10(9-14)11-6-12(15(18)19)8-13(17)7-11/h3-9,17H,1-2H3,(H,18,19). The molecule has 0 atom stereocenters. The van der Waals surface area contributed by atoms with Crippen LogP contribution in [-0.2, 0) is 10.0 Å². The quantitative estimate of drug-likeness (QED) is 0.898. The van der Waals surface area contributed by atoms with Crippen LogP contribution in [0.25, 0.3) is 11.1 Å². The molecular formula is C15H15NO5S. The SMILES string of the molecule is CN(C)S(=O)(=O)c1cccc(-c2cc(O)cc(C(=O)O)c2)c1. The van der Waals surface area contributed by atoms with Crippen LogP contribution in [0.15, 0.2) is 47.4 Å². The summed E-state index contributed by atoms with van der Waals surface area (Å²) in [6.07, 6.45) is 0. The molecule has 0 bridgehead atoms. The van der Waals surface area contributed by atoms with Gasteiger partial charge in [-0.1, -0.05) is 12.1 Å². The fourth-order valence-electron chi connectivity index (χ4n) is 1.95. The highest BCUT2D eigenvalue weighted by Crippen LogP contribution is 2.28. The van der Waals surface area contributed by atoms with Crippen molar-refractivity contribution in [1.82, 2.24) is 4.31 Å². The van der Waals surface area contributed by atoms with Gasteiger partial charge in [-0.15, -0.1) is 0 Å². The number of aromatic hydroxyl groups is 1. The van der Waals surface area contributed by atoms with E-state index < -0.39 is 16.0 Å². The molecule has 0 aliphatic rings. The number of carbonyl (C=O) groups is 1. The van der Waals surface area contributed by atoms with Crippen molar-refractivity contribution in [2.24, 2.45) is 0 Å². The summed E-state index contributed by atoms with van der Waals surface area (Å²) < 4.78 is 25.4. The zero-order valence-corrected chi connectivity index (χ0v) is 12.8. The fourth-order valence-corrected chi connectivity index (χ4v) is 2.90. The van der Waals surface area contributed by atoms with E-state index in [9.17, 15) is 18.3 Å². The molecule has 0 saturated carbocycles. The Kier molecular flexibility index (Phi) is 4.20. The number of aromatic carboxylic acids is 1. The highest BCUT2D eigenvalue weighted by molar-refractivity contribution is 7.89. The van der Waals surface area contributed by atoms with Gasteiger partial charge in [0.05, 0.1) is 10.5 Å². The smallest absolute Gasteiger partial charge is 0.335 e. The number of sulfonamides is 1. The highest BCUT2D eigenvalue weighted by atomic mass is 32.2. The van der Waals surface area contributed by atoms with Gasteiger partial charge in [0.1, 0.15) is 5.75 Å². The molecule has 2 rings (SSSR count). The summed E-state index contributed by atoms with van der Waals surface area (Å²) in [6, 6.07) is 10.0. The molecule has 116 valence electrons. The first kappa shape index (κ1) is 16.0. The Bertz CT molecular complexity index is 828. The van der Waals surface area contributed by atoms with E-state index in [1.54, 1.807) is 12.1 Å². The Balaban J connectivity index is 2.58. The molecule has 0 aromatic heterocycles. The van der Waals surface area contributed by atoms with Crippen molar-refractivity contribution >= 4 is 16.0 Å². The number of benzene rings is 2. The third-order valence-electron chi connectivity index (χ3n) is 3.11. The van der Waals surface area contributed by atoms with E-state index in [-0.39, 0.29) is 16.2 Å². The molecule has 2 aromatic carbocycles. The number of phenolic OH excluding ortho intramolecular Hbond substituents is 1. The second-order valence-electron chi connectivity index (χ2n) is 4.89. The third kappa shape index (κ3) is 3.10. The average molecular weight is 321 g/mol. The van der Waals surface area contributed by atoms with Crippen LogP contribution in [0, 0.1) is 0 Å². The Morgan fingerprint density at radius 2 is 1.73 bits per heavy atom. The second kappa shape index (κ2) is 5.78. The zero-order valence-electron chi connectivity index (χ0n) is 12.0. The third-order valence-corrected chi connectivity index (χ3v) is 4.92. The number of carboxylic acid groups (broad SMARTS) is 1. The minimum Gasteiger partial charge on any atom is -0.508 e. The van der Waals surface area contributed by atoms with Crippen LogP contribution < -0.4 is 0 Å². The summed E-state index contributed by atoms with van der Waals surface area (Å²) in [5, 5.41) is 18.7. The molecule has 0 radical (unpaired) electrons. The van der Waals surface area contributed by atoms with E-state index in [1.807, 2.05) is 0 Å². The van der Waals surface area contributed by atoms with Gasteiger partial charge >= 0.3 is 5.97 Å².